The Morgan fingerprint density at radius 3 is 2.29 bits per heavy atom. The van der Waals surface area contributed by atoms with E-state index in [1.54, 1.807) is 0 Å². The van der Waals surface area contributed by atoms with E-state index in [2.05, 4.69) is 5.48 Å². The summed E-state index contributed by atoms with van der Waals surface area (Å²) >= 11 is 0. The molecule has 1 saturated carbocycles. The molecule has 2 bridgehead atoms. The number of primary amides is 1. The summed E-state index contributed by atoms with van der Waals surface area (Å²) in [5.41, 5.74) is 7.46. The Labute approximate surface area is 120 Å². The molecule has 3 aliphatic rings. The third-order valence-electron chi connectivity index (χ3n) is 4.33. The van der Waals surface area contributed by atoms with Crippen LogP contribution in [0.3, 0.4) is 0 Å². The second-order valence-electron chi connectivity index (χ2n) is 5.54. The summed E-state index contributed by atoms with van der Waals surface area (Å²) in [4.78, 5) is 51.2. The van der Waals surface area contributed by atoms with E-state index in [0.717, 1.165) is 0 Å². The smallest absolute Gasteiger partial charge is 0.256 e. The first-order chi connectivity index (χ1) is 9.99. The summed E-state index contributed by atoms with van der Waals surface area (Å²) in [6.45, 7) is 0. The molecule has 0 aromatic heterocycles. The van der Waals surface area contributed by atoms with Crippen LogP contribution in [0.1, 0.15) is 19.3 Å². The van der Waals surface area contributed by atoms with Gasteiger partial charge >= 0.3 is 0 Å². The van der Waals surface area contributed by atoms with E-state index in [4.69, 9.17) is 10.7 Å². The molecule has 1 heterocycles. The van der Waals surface area contributed by atoms with Gasteiger partial charge in [0.2, 0.25) is 11.8 Å². The van der Waals surface area contributed by atoms with Crippen molar-refractivity contribution in [1.29, 1.82) is 0 Å². The van der Waals surface area contributed by atoms with E-state index in [1.165, 1.54) is 0 Å². The molecule has 112 valence electrons. The van der Waals surface area contributed by atoms with Crippen molar-refractivity contribution >= 4 is 23.6 Å². The maximum atomic E-state index is 12.2. The highest BCUT2D eigenvalue weighted by Crippen LogP contribution is 2.47. The zero-order valence-electron chi connectivity index (χ0n) is 11.2. The van der Waals surface area contributed by atoms with Crippen molar-refractivity contribution in [3.05, 3.63) is 12.2 Å². The average Bonchev–Trinajstić information content (AvgIpc) is 3.12. The second kappa shape index (κ2) is 4.96. The Morgan fingerprint density at radius 2 is 1.71 bits per heavy atom. The number of imide groups is 1. The van der Waals surface area contributed by atoms with Gasteiger partial charge in [-0.2, -0.15) is 0 Å². The van der Waals surface area contributed by atoms with Crippen LogP contribution in [0.4, 0.5) is 0 Å². The van der Waals surface area contributed by atoms with Crippen LogP contribution >= 0.6 is 0 Å². The molecule has 4 atom stereocenters. The van der Waals surface area contributed by atoms with Gasteiger partial charge in [0, 0.05) is 12.8 Å². The number of hydroxylamine groups is 3. The maximum Gasteiger partial charge on any atom is 0.256 e. The summed E-state index contributed by atoms with van der Waals surface area (Å²) in [5.74, 6) is -3.36. The van der Waals surface area contributed by atoms with Gasteiger partial charge in [-0.3, -0.25) is 19.2 Å². The first kappa shape index (κ1) is 13.7. The number of carbonyl (C=O) groups is 4. The topological polar surface area (TPSA) is 119 Å². The zero-order valence-corrected chi connectivity index (χ0v) is 11.2. The number of hydrogen-bond acceptors (Lipinski definition) is 5. The number of hydrogen-bond donors (Lipinski definition) is 2. The van der Waals surface area contributed by atoms with Crippen molar-refractivity contribution in [1.82, 2.24) is 10.5 Å². The highest BCUT2D eigenvalue weighted by atomic mass is 16.8. The zero-order chi connectivity index (χ0) is 15.1. The first-order valence-corrected chi connectivity index (χ1v) is 6.79. The molecule has 4 unspecified atom stereocenters. The fourth-order valence-electron chi connectivity index (χ4n) is 3.38. The molecule has 0 spiro atoms. The molecular formula is C13H15N3O5. The van der Waals surface area contributed by atoms with Gasteiger partial charge in [-0.15, -0.1) is 10.0 Å². The fourth-order valence-corrected chi connectivity index (χ4v) is 3.38. The Morgan fingerprint density at radius 1 is 1.14 bits per heavy atom. The predicted molar refractivity (Wildman–Crippen MR) is 67.2 cm³/mol. The van der Waals surface area contributed by atoms with E-state index >= 15 is 0 Å². The van der Waals surface area contributed by atoms with Crippen molar-refractivity contribution in [2.24, 2.45) is 29.4 Å². The summed E-state index contributed by atoms with van der Waals surface area (Å²) in [5, 5.41) is 0.542. The minimum Gasteiger partial charge on any atom is -0.369 e. The van der Waals surface area contributed by atoms with E-state index < -0.39 is 35.5 Å². The largest absolute Gasteiger partial charge is 0.369 e. The Kier molecular flexibility index (Phi) is 3.25. The van der Waals surface area contributed by atoms with Crippen molar-refractivity contribution in [2.45, 2.75) is 19.3 Å². The van der Waals surface area contributed by atoms with Gasteiger partial charge in [0.1, 0.15) is 0 Å². The van der Waals surface area contributed by atoms with E-state index in [0.29, 0.717) is 11.5 Å². The SMILES string of the molecule is NC(=O)C1C2C=CC(C2)C1C(=O)NON1C(=O)CCC1=O. The Bertz CT molecular complexity index is 542. The Hall–Kier alpha value is -2.22. The lowest BCUT2D eigenvalue weighted by atomic mass is 9.82. The van der Waals surface area contributed by atoms with Gasteiger partial charge in [-0.1, -0.05) is 12.2 Å². The van der Waals surface area contributed by atoms with Crippen LogP contribution in [-0.2, 0) is 24.1 Å². The lowest BCUT2D eigenvalue weighted by molar-refractivity contribution is -0.211. The van der Waals surface area contributed by atoms with E-state index in [-0.39, 0.29) is 24.7 Å². The highest BCUT2D eigenvalue weighted by molar-refractivity contribution is 6.00. The maximum absolute atomic E-state index is 12.2. The highest BCUT2D eigenvalue weighted by Gasteiger charge is 2.51. The molecule has 1 saturated heterocycles. The van der Waals surface area contributed by atoms with Gasteiger partial charge in [0.15, 0.2) is 0 Å². The molecule has 3 rings (SSSR count). The van der Waals surface area contributed by atoms with Gasteiger partial charge in [-0.25, -0.2) is 5.48 Å². The standard InChI is InChI=1S/C13H15N3O5/c14-12(19)10-6-1-2-7(5-6)11(10)13(20)15-21-16-8(17)3-4-9(16)18/h1-2,6-7,10-11H,3-5H2,(H2,14,19)(H,15,20). The molecule has 0 radical (unpaired) electrons. The Balaban J connectivity index is 1.65. The summed E-state index contributed by atoms with van der Waals surface area (Å²) in [6.07, 6.45) is 4.62. The number of fused-ring (bicyclic) bond motifs is 2. The normalized spacial score (nSPS) is 33.8. The summed E-state index contributed by atoms with van der Waals surface area (Å²) in [7, 11) is 0. The van der Waals surface area contributed by atoms with Crippen LogP contribution in [0.15, 0.2) is 12.2 Å². The molecule has 8 nitrogen and oxygen atoms in total. The average molecular weight is 293 g/mol. The minimum atomic E-state index is -0.620. The first-order valence-electron chi connectivity index (χ1n) is 6.79. The fraction of sp³-hybridized carbons (Fsp3) is 0.538. The minimum absolute atomic E-state index is 0.0294. The van der Waals surface area contributed by atoms with Crippen molar-refractivity contribution in [3.8, 4) is 0 Å². The van der Waals surface area contributed by atoms with Gasteiger partial charge < -0.3 is 5.73 Å². The number of nitrogens with zero attached hydrogens (tertiary/aromatic N) is 1. The molecule has 8 heteroatoms. The van der Waals surface area contributed by atoms with Gasteiger partial charge in [0.25, 0.3) is 11.8 Å². The molecule has 21 heavy (non-hydrogen) atoms. The number of amides is 4. The van der Waals surface area contributed by atoms with E-state index in [9.17, 15) is 19.2 Å². The van der Waals surface area contributed by atoms with Gasteiger partial charge in [-0.05, 0) is 18.3 Å². The van der Waals surface area contributed by atoms with E-state index in [1.807, 2.05) is 12.2 Å². The van der Waals surface area contributed by atoms with Crippen LogP contribution in [0, 0.1) is 23.7 Å². The number of carbonyl (C=O) groups excluding carboxylic acids is 4. The summed E-state index contributed by atoms with van der Waals surface area (Å²) < 4.78 is 0. The van der Waals surface area contributed by atoms with Crippen LogP contribution in [-0.4, -0.2) is 28.7 Å². The lowest BCUT2D eigenvalue weighted by Crippen LogP contribution is -2.45. The van der Waals surface area contributed by atoms with Crippen LogP contribution in [0.5, 0.6) is 0 Å². The van der Waals surface area contributed by atoms with Gasteiger partial charge in [0.05, 0.1) is 11.8 Å². The number of nitrogens with two attached hydrogens (primary N) is 1. The number of rotatable bonds is 4. The summed E-state index contributed by atoms with van der Waals surface area (Å²) in [6, 6.07) is 0. The van der Waals surface area contributed by atoms with Crippen LogP contribution in [0.25, 0.3) is 0 Å². The monoisotopic (exact) mass is 293 g/mol. The second-order valence-corrected chi connectivity index (χ2v) is 5.54. The van der Waals surface area contributed by atoms with Crippen LogP contribution in [0.2, 0.25) is 0 Å². The lowest BCUT2D eigenvalue weighted by Gasteiger charge is -2.24. The third kappa shape index (κ3) is 2.21. The molecule has 0 aromatic carbocycles. The number of allylic oxidation sites excluding steroid dienone is 2. The molecule has 3 N–H and O–H groups in total. The molecule has 2 fully saturated rings. The molecule has 2 aliphatic carbocycles. The quantitative estimate of drug-likeness (QED) is 0.392. The molecule has 1 aliphatic heterocycles. The van der Waals surface area contributed by atoms with Crippen molar-refractivity contribution in [3.63, 3.8) is 0 Å². The van der Waals surface area contributed by atoms with Crippen LogP contribution < -0.4 is 11.2 Å². The molecule has 0 aromatic rings. The molecule has 4 amide bonds. The molecular weight excluding hydrogens is 278 g/mol. The third-order valence-corrected chi connectivity index (χ3v) is 4.33. The number of nitrogens with one attached hydrogen (secondary N) is 1. The van der Waals surface area contributed by atoms with Crippen molar-refractivity contribution in [2.75, 3.05) is 0 Å². The predicted octanol–water partition coefficient (Wildman–Crippen LogP) is -0.978. The van der Waals surface area contributed by atoms with Crippen molar-refractivity contribution < 1.29 is 24.1 Å².